The first kappa shape index (κ1) is 19.8. The average Bonchev–Trinajstić information content (AvgIpc) is 3.20. The fourth-order valence-corrected chi connectivity index (χ4v) is 4.95. The van der Waals surface area contributed by atoms with Gasteiger partial charge in [-0.1, -0.05) is 24.3 Å². The third kappa shape index (κ3) is 3.95. The fourth-order valence-electron chi connectivity index (χ4n) is 4.25. The summed E-state index contributed by atoms with van der Waals surface area (Å²) in [4.78, 5) is 23.3. The molecule has 1 atom stereocenters. The number of ether oxygens (including phenoxy) is 1. The van der Waals surface area contributed by atoms with Crippen LogP contribution in [-0.2, 0) is 11.2 Å². The minimum absolute atomic E-state index is 0.109. The van der Waals surface area contributed by atoms with E-state index in [1.54, 1.807) is 11.3 Å². The minimum atomic E-state index is 0.109. The van der Waals surface area contributed by atoms with Gasteiger partial charge in [0.1, 0.15) is 17.3 Å². The molecule has 5 rings (SSSR count). The van der Waals surface area contributed by atoms with Crippen LogP contribution in [0.5, 0.6) is 11.5 Å². The summed E-state index contributed by atoms with van der Waals surface area (Å²) in [6.07, 6.45) is 0.479. The van der Waals surface area contributed by atoms with Crippen molar-refractivity contribution < 1.29 is 9.53 Å². The molecule has 158 valence electrons. The molecule has 2 aliphatic heterocycles. The number of fused-ring (bicyclic) bond motifs is 2. The SMILES string of the molecule is Cc1ccc2c(c1)Oc1ccccc1C(N1CCN(C(=O)Cc3cccs3)C(C)C1)=N2. The minimum Gasteiger partial charge on any atom is -0.454 e. The van der Waals surface area contributed by atoms with Crippen molar-refractivity contribution in [2.24, 2.45) is 4.99 Å². The Bertz CT molecular complexity index is 1140. The van der Waals surface area contributed by atoms with Gasteiger partial charge in [0.05, 0.1) is 12.0 Å². The van der Waals surface area contributed by atoms with Gasteiger partial charge in [0, 0.05) is 30.6 Å². The molecule has 0 spiro atoms. The van der Waals surface area contributed by atoms with E-state index < -0.39 is 0 Å². The van der Waals surface area contributed by atoms with Crippen LogP contribution in [0.3, 0.4) is 0 Å². The molecule has 1 aromatic heterocycles. The summed E-state index contributed by atoms with van der Waals surface area (Å²) in [7, 11) is 0. The zero-order valence-corrected chi connectivity index (χ0v) is 18.6. The number of aryl methyl sites for hydroxylation is 1. The molecule has 6 heteroatoms. The molecule has 5 nitrogen and oxygen atoms in total. The molecule has 3 heterocycles. The Labute approximate surface area is 186 Å². The maximum Gasteiger partial charge on any atom is 0.228 e. The van der Waals surface area contributed by atoms with Crippen molar-refractivity contribution >= 4 is 28.8 Å². The van der Waals surface area contributed by atoms with Gasteiger partial charge in [-0.25, -0.2) is 4.99 Å². The number of hydrogen-bond donors (Lipinski definition) is 0. The van der Waals surface area contributed by atoms with Crippen LogP contribution >= 0.6 is 11.3 Å². The number of para-hydroxylation sites is 1. The molecule has 0 aliphatic carbocycles. The Kier molecular flexibility index (Phi) is 5.24. The monoisotopic (exact) mass is 431 g/mol. The van der Waals surface area contributed by atoms with Gasteiger partial charge in [0.2, 0.25) is 5.91 Å². The van der Waals surface area contributed by atoms with Crippen LogP contribution < -0.4 is 4.74 Å². The summed E-state index contributed by atoms with van der Waals surface area (Å²) in [6, 6.07) is 18.3. The van der Waals surface area contributed by atoms with Crippen molar-refractivity contribution in [3.8, 4) is 11.5 Å². The highest BCUT2D eigenvalue weighted by Gasteiger charge is 2.31. The Morgan fingerprint density at radius 3 is 2.81 bits per heavy atom. The highest BCUT2D eigenvalue weighted by molar-refractivity contribution is 7.10. The number of nitrogens with zero attached hydrogens (tertiary/aromatic N) is 3. The lowest BCUT2D eigenvalue weighted by Crippen LogP contribution is -2.55. The van der Waals surface area contributed by atoms with Crippen molar-refractivity contribution in [2.45, 2.75) is 26.3 Å². The van der Waals surface area contributed by atoms with E-state index in [4.69, 9.17) is 9.73 Å². The van der Waals surface area contributed by atoms with E-state index in [9.17, 15) is 4.79 Å². The Hall–Kier alpha value is -3.12. The Morgan fingerprint density at radius 1 is 1.13 bits per heavy atom. The van der Waals surface area contributed by atoms with E-state index in [0.717, 1.165) is 52.1 Å². The second-order valence-corrected chi connectivity index (χ2v) is 9.18. The molecule has 1 saturated heterocycles. The molecule has 1 unspecified atom stereocenters. The summed E-state index contributed by atoms with van der Waals surface area (Å²) in [5, 5.41) is 2.02. The number of amidine groups is 1. The first-order chi connectivity index (χ1) is 15.1. The van der Waals surface area contributed by atoms with Crippen LogP contribution in [0.2, 0.25) is 0 Å². The second-order valence-electron chi connectivity index (χ2n) is 8.14. The zero-order chi connectivity index (χ0) is 21.4. The van der Waals surface area contributed by atoms with Crippen LogP contribution in [-0.4, -0.2) is 47.2 Å². The third-order valence-corrected chi connectivity index (χ3v) is 6.72. The summed E-state index contributed by atoms with van der Waals surface area (Å²) in [5.41, 5.74) is 2.96. The molecule has 3 aromatic rings. The van der Waals surface area contributed by atoms with Gasteiger partial charge in [-0.15, -0.1) is 11.3 Å². The summed E-state index contributed by atoms with van der Waals surface area (Å²) < 4.78 is 6.24. The second kappa shape index (κ2) is 8.19. The number of carbonyl (C=O) groups excluding carboxylic acids is 1. The van der Waals surface area contributed by atoms with Crippen LogP contribution in [0.4, 0.5) is 5.69 Å². The topological polar surface area (TPSA) is 45.1 Å². The van der Waals surface area contributed by atoms with Gasteiger partial charge in [0.15, 0.2) is 5.75 Å². The molecular formula is C25H25N3O2S. The summed E-state index contributed by atoms with van der Waals surface area (Å²) >= 11 is 1.64. The Balaban J connectivity index is 1.42. The van der Waals surface area contributed by atoms with Crippen molar-refractivity contribution in [3.05, 3.63) is 76.0 Å². The highest BCUT2D eigenvalue weighted by atomic mass is 32.1. The third-order valence-electron chi connectivity index (χ3n) is 5.84. The number of thiophene rings is 1. The van der Waals surface area contributed by atoms with Crippen molar-refractivity contribution in [3.63, 3.8) is 0 Å². The maximum atomic E-state index is 12.9. The molecule has 0 radical (unpaired) electrons. The van der Waals surface area contributed by atoms with E-state index in [-0.39, 0.29) is 11.9 Å². The molecular weight excluding hydrogens is 406 g/mol. The van der Waals surface area contributed by atoms with Crippen molar-refractivity contribution in [2.75, 3.05) is 19.6 Å². The number of carbonyl (C=O) groups is 1. The van der Waals surface area contributed by atoms with Crippen molar-refractivity contribution in [1.29, 1.82) is 0 Å². The predicted octanol–water partition coefficient (Wildman–Crippen LogP) is 5.02. The smallest absolute Gasteiger partial charge is 0.228 e. The van der Waals surface area contributed by atoms with E-state index in [2.05, 4.69) is 30.9 Å². The molecule has 0 N–H and O–H groups in total. The van der Waals surface area contributed by atoms with Crippen LogP contribution in [0, 0.1) is 6.92 Å². The average molecular weight is 432 g/mol. The largest absolute Gasteiger partial charge is 0.454 e. The number of piperazine rings is 1. The standard InChI is InChI=1S/C25H25N3O2S/c1-17-9-10-21-23(14-17)30-22-8-4-3-7-20(22)25(26-21)27-11-12-28(18(2)16-27)24(29)15-19-6-5-13-31-19/h3-10,13-14,18H,11-12,15-16H2,1-2H3. The number of amides is 1. The van der Waals surface area contributed by atoms with Gasteiger partial charge in [-0.3, -0.25) is 4.79 Å². The molecule has 2 aromatic carbocycles. The first-order valence-corrected chi connectivity index (χ1v) is 11.5. The van der Waals surface area contributed by atoms with Gasteiger partial charge >= 0.3 is 0 Å². The van der Waals surface area contributed by atoms with E-state index >= 15 is 0 Å². The van der Waals surface area contributed by atoms with Gasteiger partial charge in [-0.05, 0) is 55.1 Å². The molecule has 1 fully saturated rings. The number of hydrogen-bond acceptors (Lipinski definition) is 5. The summed E-state index contributed by atoms with van der Waals surface area (Å²) in [5.74, 6) is 2.70. The lowest BCUT2D eigenvalue weighted by atomic mass is 10.1. The number of rotatable bonds is 2. The lowest BCUT2D eigenvalue weighted by molar-refractivity contribution is -0.134. The lowest BCUT2D eigenvalue weighted by Gasteiger charge is -2.41. The van der Waals surface area contributed by atoms with Crippen LogP contribution in [0.15, 0.2) is 65.0 Å². The zero-order valence-electron chi connectivity index (χ0n) is 17.7. The fraction of sp³-hybridized carbons (Fsp3) is 0.280. The number of benzene rings is 2. The van der Waals surface area contributed by atoms with Crippen LogP contribution in [0.1, 0.15) is 22.9 Å². The van der Waals surface area contributed by atoms with Gasteiger partial charge in [-0.2, -0.15) is 0 Å². The predicted molar refractivity (Wildman–Crippen MR) is 125 cm³/mol. The summed E-state index contributed by atoms with van der Waals surface area (Å²) in [6.45, 7) is 6.35. The quantitative estimate of drug-likeness (QED) is 0.573. The first-order valence-electron chi connectivity index (χ1n) is 10.6. The normalized spacial score (nSPS) is 17.9. The van der Waals surface area contributed by atoms with E-state index in [1.165, 1.54) is 0 Å². The molecule has 31 heavy (non-hydrogen) atoms. The van der Waals surface area contributed by atoms with Crippen molar-refractivity contribution in [1.82, 2.24) is 9.80 Å². The van der Waals surface area contributed by atoms with Gasteiger partial charge < -0.3 is 14.5 Å². The number of aliphatic imine (C=N–C) groups is 1. The Morgan fingerprint density at radius 2 is 2.00 bits per heavy atom. The molecule has 0 saturated carbocycles. The van der Waals surface area contributed by atoms with Gasteiger partial charge in [0.25, 0.3) is 0 Å². The maximum absolute atomic E-state index is 12.9. The van der Waals surface area contributed by atoms with Crippen LogP contribution in [0.25, 0.3) is 0 Å². The molecule has 2 aliphatic rings. The molecule has 0 bridgehead atoms. The van der Waals surface area contributed by atoms with E-state index in [0.29, 0.717) is 13.0 Å². The molecule has 1 amide bonds. The van der Waals surface area contributed by atoms with E-state index in [1.807, 2.05) is 52.7 Å². The highest BCUT2D eigenvalue weighted by Crippen LogP contribution is 2.38.